The Kier molecular flexibility index (Phi) is 5.02. The summed E-state index contributed by atoms with van der Waals surface area (Å²) >= 11 is 0. The van der Waals surface area contributed by atoms with Gasteiger partial charge in [0.05, 0.1) is 26.0 Å². The fraction of sp³-hybridized carbons (Fsp3) is 0.278. The fourth-order valence-corrected chi connectivity index (χ4v) is 3.00. The van der Waals surface area contributed by atoms with Gasteiger partial charge in [-0.2, -0.15) is 5.10 Å². The van der Waals surface area contributed by atoms with Crippen molar-refractivity contribution in [3.63, 3.8) is 0 Å². The van der Waals surface area contributed by atoms with Crippen LogP contribution in [0.1, 0.15) is 23.6 Å². The van der Waals surface area contributed by atoms with Crippen molar-refractivity contribution in [2.75, 3.05) is 14.2 Å². The van der Waals surface area contributed by atoms with Crippen LogP contribution in [0, 0.1) is 0 Å². The van der Waals surface area contributed by atoms with Gasteiger partial charge in [-0.3, -0.25) is 14.3 Å². The molecule has 142 valence electrons. The number of benzene rings is 1. The lowest BCUT2D eigenvalue weighted by Crippen LogP contribution is -2.33. The van der Waals surface area contributed by atoms with Crippen molar-refractivity contribution in [3.05, 3.63) is 62.8 Å². The van der Waals surface area contributed by atoms with Crippen molar-refractivity contribution < 1.29 is 14.6 Å². The zero-order valence-corrected chi connectivity index (χ0v) is 15.0. The molecule has 0 amide bonds. The Hall–Kier alpha value is -3.49. The quantitative estimate of drug-likeness (QED) is 0.648. The van der Waals surface area contributed by atoms with Crippen molar-refractivity contribution in [2.24, 2.45) is 5.10 Å². The summed E-state index contributed by atoms with van der Waals surface area (Å²) in [5.74, 6) is 0.824. The van der Waals surface area contributed by atoms with Gasteiger partial charge in [-0.25, -0.2) is 4.79 Å². The summed E-state index contributed by atoms with van der Waals surface area (Å²) < 4.78 is 11.6. The summed E-state index contributed by atoms with van der Waals surface area (Å²) in [6.45, 7) is 3.60. The lowest BCUT2D eigenvalue weighted by Gasteiger charge is -2.15. The van der Waals surface area contributed by atoms with Crippen molar-refractivity contribution in [1.29, 1.82) is 0 Å². The monoisotopic (exact) mass is 372 g/mol. The standard InChI is InChI=1S/C18H20N4O5/c1-4-7-22-17(24)15(16(23)19-18(22)25)13-9-12(20-21-13)11-6-5-10(26-2)8-14(11)27-3/h4-6,8,12,20,24H,1,7,9H2,2-3H3,(H,19,23,25). The first-order valence-corrected chi connectivity index (χ1v) is 8.21. The van der Waals surface area contributed by atoms with E-state index >= 15 is 0 Å². The van der Waals surface area contributed by atoms with Crippen LogP contribution in [0.3, 0.4) is 0 Å². The van der Waals surface area contributed by atoms with Crippen LogP contribution >= 0.6 is 0 Å². The van der Waals surface area contributed by atoms with Crippen molar-refractivity contribution >= 4 is 5.71 Å². The third-order valence-electron chi connectivity index (χ3n) is 4.34. The molecule has 1 unspecified atom stereocenters. The molecule has 9 nitrogen and oxygen atoms in total. The first-order chi connectivity index (χ1) is 13.0. The van der Waals surface area contributed by atoms with Gasteiger partial charge < -0.3 is 20.0 Å². The predicted octanol–water partition coefficient (Wildman–Crippen LogP) is 0.884. The second-order valence-electron chi connectivity index (χ2n) is 5.91. The molecule has 1 aromatic carbocycles. The first kappa shape index (κ1) is 18.3. The zero-order valence-electron chi connectivity index (χ0n) is 15.0. The van der Waals surface area contributed by atoms with Crippen LogP contribution in [-0.4, -0.2) is 34.6 Å². The van der Waals surface area contributed by atoms with Gasteiger partial charge in [-0.15, -0.1) is 6.58 Å². The summed E-state index contributed by atoms with van der Waals surface area (Å²) in [4.78, 5) is 26.3. The van der Waals surface area contributed by atoms with E-state index < -0.39 is 17.1 Å². The summed E-state index contributed by atoms with van der Waals surface area (Å²) in [7, 11) is 3.12. The lowest BCUT2D eigenvalue weighted by molar-refractivity contribution is 0.386. The van der Waals surface area contributed by atoms with Crippen molar-refractivity contribution in [2.45, 2.75) is 19.0 Å². The number of hydrogen-bond acceptors (Lipinski definition) is 7. The third kappa shape index (κ3) is 3.31. The Balaban J connectivity index is 1.95. The van der Waals surface area contributed by atoms with Crippen molar-refractivity contribution in [1.82, 2.24) is 15.0 Å². The minimum absolute atomic E-state index is 0.0427. The van der Waals surface area contributed by atoms with Crippen molar-refractivity contribution in [3.8, 4) is 17.4 Å². The molecule has 3 N–H and O–H groups in total. The highest BCUT2D eigenvalue weighted by Gasteiger charge is 2.28. The van der Waals surface area contributed by atoms with E-state index in [0.29, 0.717) is 23.6 Å². The summed E-state index contributed by atoms with van der Waals surface area (Å²) in [5, 5.41) is 14.6. The van der Waals surface area contributed by atoms with Gasteiger partial charge in [-0.1, -0.05) is 6.08 Å². The molecular formula is C18H20N4O5. The molecule has 9 heteroatoms. The molecule has 0 saturated carbocycles. The van der Waals surface area contributed by atoms with Crippen LogP contribution in [0.25, 0.3) is 0 Å². The van der Waals surface area contributed by atoms with Gasteiger partial charge >= 0.3 is 5.69 Å². The van der Waals surface area contributed by atoms with Gasteiger partial charge in [0.2, 0.25) is 5.88 Å². The number of nitrogens with one attached hydrogen (secondary N) is 2. The normalized spacial score (nSPS) is 15.8. The number of aromatic amines is 1. The minimum Gasteiger partial charge on any atom is -0.497 e. The molecule has 0 bridgehead atoms. The van der Waals surface area contributed by atoms with Crippen LogP contribution < -0.4 is 26.1 Å². The van der Waals surface area contributed by atoms with E-state index in [1.165, 1.54) is 6.08 Å². The topological polar surface area (TPSA) is 118 Å². The van der Waals surface area contributed by atoms with E-state index in [-0.39, 0.29) is 18.2 Å². The summed E-state index contributed by atoms with van der Waals surface area (Å²) in [6.07, 6.45) is 1.77. The molecule has 0 radical (unpaired) electrons. The number of methoxy groups -OCH3 is 2. The zero-order chi connectivity index (χ0) is 19.6. The van der Waals surface area contributed by atoms with E-state index in [4.69, 9.17) is 9.47 Å². The Labute approximate surface area is 154 Å². The molecule has 3 rings (SSSR count). The first-order valence-electron chi connectivity index (χ1n) is 8.21. The Morgan fingerprint density at radius 1 is 1.37 bits per heavy atom. The average molecular weight is 372 g/mol. The number of allylic oxidation sites excluding steroid dienone is 1. The highest BCUT2D eigenvalue weighted by atomic mass is 16.5. The minimum atomic E-state index is -0.707. The second-order valence-corrected chi connectivity index (χ2v) is 5.91. The van der Waals surface area contributed by atoms with Crippen LogP contribution in [0.2, 0.25) is 0 Å². The molecule has 1 aromatic heterocycles. The lowest BCUT2D eigenvalue weighted by atomic mass is 9.99. The molecule has 0 saturated heterocycles. The Morgan fingerprint density at radius 2 is 2.15 bits per heavy atom. The Bertz CT molecular complexity index is 1020. The maximum atomic E-state index is 12.2. The SMILES string of the molecule is C=CCn1c(O)c(C2=NNC(c3ccc(OC)cc3OC)C2)c(=O)[nH]c1=O. The molecule has 1 aliphatic rings. The second kappa shape index (κ2) is 7.40. The van der Waals surface area contributed by atoms with Gasteiger partial charge in [0, 0.05) is 24.6 Å². The van der Waals surface area contributed by atoms with E-state index in [1.807, 2.05) is 6.07 Å². The molecule has 2 heterocycles. The maximum absolute atomic E-state index is 12.2. The largest absolute Gasteiger partial charge is 0.497 e. The molecule has 0 aliphatic carbocycles. The number of nitrogens with zero attached hydrogens (tertiary/aromatic N) is 2. The van der Waals surface area contributed by atoms with Gasteiger partial charge in [0.1, 0.15) is 17.1 Å². The van der Waals surface area contributed by atoms with E-state index in [9.17, 15) is 14.7 Å². The summed E-state index contributed by atoms with van der Waals surface area (Å²) in [6, 6.07) is 5.13. The highest BCUT2D eigenvalue weighted by molar-refractivity contribution is 6.03. The number of aromatic hydroxyl groups is 1. The Morgan fingerprint density at radius 3 is 2.81 bits per heavy atom. The molecule has 1 aliphatic heterocycles. The summed E-state index contributed by atoms with van der Waals surface area (Å²) in [5.41, 5.74) is 2.67. The smallest absolute Gasteiger partial charge is 0.331 e. The fourth-order valence-electron chi connectivity index (χ4n) is 3.00. The molecule has 0 fully saturated rings. The number of hydrogen-bond donors (Lipinski definition) is 3. The van der Waals surface area contributed by atoms with Gasteiger partial charge in [0.15, 0.2) is 0 Å². The van der Waals surface area contributed by atoms with Gasteiger partial charge in [0.25, 0.3) is 5.56 Å². The molecule has 2 aromatic rings. The van der Waals surface area contributed by atoms with E-state index in [2.05, 4.69) is 22.1 Å². The van der Waals surface area contributed by atoms with Gasteiger partial charge in [-0.05, 0) is 12.1 Å². The number of rotatable bonds is 6. The maximum Gasteiger partial charge on any atom is 0.331 e. The predicted molar refractivity (Wildman–Crippen MR) is 99.8 cm³/mol. The number of H-pyrrole nitrogens is 1. The number of hydrazone groups is 1. The van der Waals surface area contributed by atoms with E-state index in [1.54, 1.807) is 26.4 Å². The number of aromatic nitrogens is 2. The highest BCUT2D eigenvalue weighted by Crippen LogP contribution is 2.34. The third-order valence-corrected chi connectivity index (χ3v) is 4.34. The molecule has 1 atom stereocenters. The average Bonchev–Trinajstić information content (AvgIpc) is 3.13. The molecular weight excluding hydrogens is 352 g/mol. The van der Waals surface area contributed by atoms with Crippen LogP contribution in [-0.2, 0) is 6.54 Å². The van der Waals surface area contributed by atoms with Crippen LogP contribution in [0.15, 0.2) is 45.5 Å². The molecule has 27 heavy (non-hydrogen) atoms. The number of ether oxygens (including phenoxy) is 2. The molecule has 0 spiro atoms. The van der Waals surface area contributed by atoms with Crippen LogP contribution in [0.4, 0.5) is 0 Å². The van der Waals surface area contributed by atoms with E-state index in [0.717, 1.165) is 10.1 Å². The van der Waals surface area contributed by atoms with Crippen LogP contribution in [0.5, 0.6) is 17.4 Å².